The molecule has 0 aromatic heterocycles. The molecule has 78 valence electrons. The van der Waals surface area contributed by atoms with Crippen LogP contribution >= 0.6 is 0 Å². The third-order valence-corrected chi connectivity index (χ3v) is 3.61. The minimum atomic E-state index is 0.846. The molecule has 1 heterocycles. The summed E-state index contributed by atoms with van der Waals surface area (Å²) in [6.45, 7) is 11.9. The summed E-state index contributed by atoms with van der Waals surface area (Å²) in [5.74, 6) is 3.50. The van der Waals surface area contributed by atoms with Gasteiger partial charge in [0.05, 0.1) is 0 Å². The van der Waals surface area contributed by atoms with E-state index in [1.54, 1.807) is 0 Å². The van der Waals surface area contributed by atoms with Gasteiger partial charge in [-0.15, -0.1) is 0 Å². The van der Waals surface area contributed by atoms with Gasteiger partial charge in [0.15, 0.2) is 0 Å². The first-order valence-electron chi connectivity index (χ1n) is 5.82. The molecule has 13 heavy (non-hydrogen) atoms. The van der Waals surface area contributed by atoms with Gasteiger partial charge in [-0.05, 0) is 49.6 Å². The Kier molecular flexibility index (Phi) is 4.24. The van der Waals surface area contributed by atoms with Crippen molar-refractivity contribution < 1.29 is 0 Å². The van der Waals surface area contributed by atoms with Crippen LogP contribution < -0.4 is 5.32 Å². The average molecular weight is 183 g/mol. The topological polar surface area (TPSA) is 12.0 Å². The van der Waals surface area contributed by atoms with Crippen molar-refractivity contribution in [1.29, 1.82) is 0 Å². The Balaban J connectivity index is 2.39. The van der Waals surface area contributed by atoms with E-state index in [1.165, 1.54) is 25.9 Å². The van der Waals surface area contributed by atoms with Crippen LogP contribution in [0.25, 0.3) is 0 Å². The smallest absolute Gasteiger partial charge is 0.00180 e. The summed E-state index contributed by atoms with van der Waals surface area (Å²) in [5.41, 5.74) is 0. The van der Waals surface area contributed by atoms with E-state index in [4.69, 9.17) is 0 Å². The Bertz CT molecular complexity index is 124. The largest absolute Gasteiger partial charge is 0.316 e. The van der Waals surface area contributed by atoms with Crippen molar-refractivity contribution in [1.82, 2.24) is 5.32 Å². The van der Waals surface area contributed by atoms with Gasteiger partial charge in [-0.2, -0.15) is 0 Å². The molecule has 0 amide bonds. The maximum absolute atomic E-state index is 3.61. The molecule has 0 aromatic carbocycles. The van der Waals surface area contributed by atoms with Gasteiger partial charge in [0.1, 0.15) is 0 Å². The van der Waals surface area contributed by atoms with Gasteiger partial charge < -0.3 is 5.32 Å². The fraction of sp³-hybridized carbons (Fsp3) is 1.00. The minimum absolute atomic E-state index is 0.846. The lowest BCUT2D eigenvalue weighted by molar-refractivity contribution is 0.328. The van der Waals surface area contributed by atoms with E-state index in [0.717, 1.165) is 23.7 Å². The highest BCUT2D eigenvalue weighted by molar-refractivity contribution is 4.76. The van der Waals surface area contributed by atoms with E-state index in [-0.39, 0.29) is 0 Å². The molecule has 0 spiro atoms. The Hall–Kier alpha value is -0.0400. The molecule has 0 saturated carbocycles. The summed E-state index contributed by atoms with van der Waals surface area (Å²) in [4.78, 5) is 0. The van der Waals surface area contributed by atoms with Gasteiger partial charge in [0.2, 0.25) is 0 Å². The zero-order chi connectivity index (χ0) is 9.84. The van der Waals surface area contributed by atoms with Crippen LogP contribution in [0.3, 0.4) is 0 Å². The average Bonchev–Trinajstić information content (AvgIpc) is 2.27. The van der Waals surface area contributed by atoms with Crippen molar-refractivity contribution in [2.24, 2.45) is 23.7 Å². The summed E-state index contributed by atoms with van der Waals surface area (Å²) in [6.07, 6.45) is 2.85. The second-order valence-electron chi connectivity index (χ2n) is 5.24. The number of rotatable bonds is 2. The Morgan fingerprint density at radius 2 is 1.23 bits per heavy atom. The summed E-state index contributed by atoms with van der Waals surface area (Å²) in [5, 5.41) is 3.61. The van der Waals surface area contributed by atoms with Crippen LogP contribution in [0, 0.1) is 23.7 Å². The first-order valence-corrected chi connectivity index (χ1v) is 5.82. The van der Waals surface area contributed by atoms with E-state index >= 15 is 0 Å². The highest BCUT2D eigenvalue weighted by atomic mass is 14.9. The van der Waals surface area contributed by atoms with Crippen LogP contribution in [0.4, 0.5) is 0 Å². The predicted molar refractivity (Wildman–Crippen MR) is 58.8 cm³/mol. The predicted octanol–water partition coefficient (Wildman–Crippen LogP) is 2.91. The van der Waals surface area contributed by atoms with Gasteiger partial charge in [0.25, 0.3) is 0 Å². The van der Waals surface area contributed by atoms with Crippen molar-refractivity contribution >= 4 is 0 Å². The fourth-order valence-corrected chi connectivity index (χ4v) is 2.22. The maximum atomic E-state index is 3.61. The molecule has 1 heteroatoms. The number of nitrogens with one attached hydrogen (secondary N) is 1. The lowest BCUT2D eigenvalue weighted by Gasteiger charge is -2.19. The first-order chi connectivity index (χ1) is 6.11. The van der Waals surface area contributed by atoms with Gasteiger partial charge >= 0.3 is 0 Å². The summed E-state index contributed by atoms with van der Waals surface area (Å²) < 4.78 is 0. The Morgan fingerprint density at radius 1 is 0.846 bits per heavy atom. The second-order valence-corrected chi connectivity index (χ2v) is 5.24. The molecule has 0 radical (unpaired) electrons. The molecule has 0 aromatic rings. The van der Waals surface area contributed by atoms with E-state index < -0.39 is 0 Å². The van der Waals surface area contributed by atoms with Crippen LogP contribution in [-0.2, 0) is 0 Å². The monoisotopic (exact) mass is 183 g/mol. The van der Waals surface area contributed by atoms with E-state index in [0.29, 0.717) is 0 Å². The highest BCUT2D eigenvalue weighted by Crippen LogP contribution is 2.25. The van der Waals surface area contributed by atoms with Gasteiger partial charge in [0, 0.05) is 0 Å². The molecule has 1 N–H and O–H groups in total. The number of hydrogen-bond donors (Lipinski definition) is 1. The maximum Gasteiger partial charge on any atom is -0.00180 e. The molecule has 2 atom stereocenters. The van der Waals surface area contributed by atoms with Crippen LogP contribution in [0.2, 0.25) is 0 Å². The van der Waals surface area contributed by atoms with Crippen LogP contribution in [0.15, 0.2) is 0 Å². The molecule has 2 unspecified atom stereocenters. The molecule has 0 bridgehead atoms. The molecular formula is C12H25N. The Morgan fingerprint density at radius 3 is 1.54 bits per heavy atom. The Labute approximate surface area is 83.3 Å². The molecule has 1 saturated heterocycles. The van der Waals surface area contributed by atoms with E-state index in [1.807, 2.05) is 0 Å². The summed E-state index contributed by atoms with van der Waals surface area (Å²) in [6, 6.07) is 0. The number of hydrogen-bond acceptors (Lipinski definition) is 1. The van der Waals surface area contributed by atoms with Gasteiger partial charge in [-0.1, -0.05) is 27.7 Å². The van der Waals surface area contributed by atoms with Crippen molar-refractivity contribution in [2.45, 2.75) is 40.5 Å². The van der Waals surface area contributed by atoms with Crippen LogP contribution in [0.5, 0.6) is 0 Å². The van der Waals surface area contributed by atoms with E-state index in [2.05, 4.69) is 33.0 Å². The summed E-state index contributed by atoms with van der Waals surface area (Å²) >= 11 is 0. The standard InChI is InChI=1S/C12H25N/c1-9(2)11-5-6-12(10(3)4)8-13-7-11/h9-13H,5-8H2,1-4H3. The molecular weight excluding hydrogens is 158 g/mol. The fourth-order valence-electron chi connectivity index (χ4n) is 2.22. The highest BCUT2D eigenvalue weighted by Gasteiger charge is 2.22. The quantitative estimate of drug-likeness (QED) is 0.694. The molecule has 1 nitrogen and oxygen atoms in total. The first kappa shape index (κ1) is 11.0. The van der Waals surface area contributed by atoms with Gasteiger partial charge in [-0.25, -0.2) is 0 Å². The zero-order valence-corrected chi connectivity index (χ0v) is 9.64. The van der Waals surface area contributed by atoms with Crippen LogP contribution in [-0.4, -0.2) is 13.1 Å². The van der Waals surface area contributed by atoms with Crippen molar-refractivity contribution in [3.05, 3.63) is 0 Å². The zero-order valence-electron chi connectivity index (χ0n) is 9.64. The van der Waals surface area contributed by atoms with Crippen molar-refractivity contribution in [2.75, 3.05) is 13.1 Å². The molecule has 1 fully saturated rings. The van der Waals surface area contributed by atoms with Crippen molar-refractivity contribution in [3.63, 3.8) is 0 Å². The van der Waals surface area contributed by atoms with Gasteiger partial charge in [-0.3, -0.25) is 0 Å². The molecule has 1 rings (SSSR count). The van der Waals surface area contributed by atoms with E-state index in [9.17, 15) is 0 Å². The van der Waals surface area contributed by atoms with Crippen molar-refractivity contribution in [3.8, 4) is 0 Å². The lowest BCUT2D eigenvalue weighted by Crippen LogP contribution is -2.27. The second kappa shape index (κ2) is 4.99. The lowest BCUT2D eigenvalue weighted by atomic mass is 9.86. The minimum Gasteiger partial charge on any atom is -0.316 e. The summed E-state index contributed by atoms with van der Waals surface area (Å²) in [7, 11) is 0. The van der Waals surface area contributed by atoms with Crippen LogP contribution in [0.1, 0.15) is 40.5 Å². The molecule has 1 aliphatic heterocycles. The molecule has 0 aliphatic carbocycles. The third-order valence-electron chi connectivity index (χ3n) is 3.61. The SMILES string of the molecule is CC(C)C1CCC(C(C)C)CNC1. The third kappa shape index (κ3) is 3.30. The normalized spacial score (nSPS) is 30.9. The molecule has 1 aliphatic rings.